The maximum absolute atomic E-state index is 5.84. The molecule has 0 saturated carbocycles. The molecule has 0 amide bonds. The first-order valence-corrected chi connectivity index (χ1v) is 5.58. The Morgan fingerprint density at radius 1 is 1.33 bits per heavy atom. The molecule has 1 aliphatic rings. The van der Waals surface area contributed by atoms with Crippen LogP contribution >= 0.6 is 0 Å². The summed E-state index contributed by atoms with van der Waals surface area (Å²) in [5.74, 6) is 0.651. The standard InChI is InChI=1S/C14H14O/c1-2-10-7-8-12-11-5-3-4-6-13(11)15-14(12)9-10/h3-6,8-10H,2,7H2,1H3. The maximum Gasteiger partial charge on any atom is 0.135 e. The van der Waals surface area contributed by atoms with Gasteiger partial charge in [-0.3, -0.25) is 0 Å². The smallest absolute Gasteiger partial charge is 0.135 e. The molecule has 3 rings (SSSR count). The Bertz CT molecular complexity index is 604. The van der Waals surface area contributed by atoms with Crippen molar-refractivity contribution in [3.05, 3.63) is 34.9 Å². The molecule has 0 bridgehead atoms. The first-order valence-electron chi connectivity index (χ1n) is 5.58. The van der Waals surface area contributed by atoms with Crippen LogP contribution in [0, 0.1) is 5.92 Å². The van der Waals surface area contributed by atoms with E-state index in [1.54, 1.807) is 0 Å². The first-order chi connectivity index (χ1) is 7.38. The Labute approximate surface area is 88.7 Å². The molecule has 15 heavy (non-hydrogen) atoms. The molecule has 1 heterocycles. The Morgan fingerprint density at radius 2 is 2.20 bits per heavy atom. The van der Waals surface area contributed by atoms with Crippen LogP contribution in [0.25, 0.3) is 23.1 Å². The predicted molar refractivity (Wildman–Crippen MR) is 62.8 cm³/mol. The summed E-state index contributed by atoms with van der Waals surface area (Å²) in [7, 11) is 0. The second-order valence-corrected chi connectivity index (χ2v) is 4.15. The fourth-order valence-corrected chi connectivity index (χ4v) is 2.25. The van der Waals surface area contributed by atoms with Gasteiger partial charge in [0.15, 0.2) is 0 Å². The van der Waals surface area contributed by atoms with E-state index in [-0.39, 0.29) is 0 Å². The van der Waals surface area contributed by atoms with Crippen LogP contribution in [0.15, 0.2) is 28.7 Å². The summed E-state index contributed by atoms with van der Waals surface area (Å²) in [6.45, 7) is 2.22. The Kier molecular flexibility index (Phi) is 1.91. The third-order valence-corrected chi connectivity index (χ3v) is 3.20. The molecule has 1 aromatic heterocycles. The average Bonchev–Trinajstić information content (AvgIpc) is 2.66. The second kappa shape index (κ2) is 3.27. The molecule has 1 aliphatic carbocycles. The number of para-hydroxylation sites is 1. The van der Waals surface area contributed by atoms with Crippen molar-refractivity contribution in [3.63, 3.8) is 0 Å². The van der Waals surface area contributed by atoms with Crippen molar-refractivity contribution in [1.29, 1.82) is 0 Å². The van der Waals surface area contributed by atoms with Crippen LogP contribution in [-0.2, 0) is 0 Å². The van der Waals surface area contributed by atoms with Crippen LogP contribution in [0.1, 0.15) is 19.8 Å². The zero-order valence-corrected chi connectivity index (χ0v) is 8.86. The number of furan rings is 1. The number of fused-ring (bicyclic) bond motifs is 3. The van der Waals surface area contributed by atoms with Crippen molar-refractivity contribution in [3.8, 4) is 0 Å². The van der Waals surface area contributed by atoms with Crippen molar-refractivity contribution in [2.24, 2.45) is 5.92 Å². The minimum Gasteiger partial charge on any atom is -0.456 e. The predicted octanol–water partition coefficient (Wildman–Crippen LogP) is 2.42. The third-order valence-electron chi connectivity index (χ3n) is 3.20. The van der Waals surface area contributed by atoms with E-state index in [9.17, 15) is 0 Å². The summed E-state index contributed by atoms with van der Waals surface area (Å²) in [4.78, 5) is 0. The van der Waals surface area contributed by atoms with E-state index in [4.69, 9.17) is 4.42 Å². The molecule has 0 spiro atoms. The molecule has 1 nitrogen and oxygen atoms in total. The zero-order chi connectivity index (χ0) is 10.3. The van der Waals surface area contributed by atoms with Gasteiger partial charge in [-0.15, -0.1) is 0 Å². The maximum atomic E-state index is 5.84. The summed E-state index contributed by atoms with van der Waals surface area (Å²) >= 11 is 0. The van der Waals surface area contributed by atoms with Crippen molar-refractivity contribution in [2.75, 3.05) is 0 Å². The lowest BCUT2D eigenvalue weighted by molar-refractivity contribution is 0.557. The molecular formula is C14H14O. The van der Waals surface area contributed by atoms with Gasteiger partial charge in [0.2, 0.25) is 0 Å². The second-order valence-electron chi connectivity index (χ2n) is 4.15. The van der Waals surface area contributed by atoms with Gasteiger partial charge in [-0.05, 0) is 30.9 Å². The highest BCUT2D eigenvalue weighted by Gasteiger charge is 2.09. The fraction of sp³-hybridized carbons (Fsp3) is 0.286. The van der Waals surface area contributed by atoms with Gasteiger partial charge in [0, 0.05) is 10.6 Å². The molecule has 76 valence electrons. The summed E-state index contributed by atoms with van der Waals surface area (Å²) in [6, 6.07) is 8.26. The minimum atomic E-state index is 0.651. The molecule has 0 N–H and O–H groups in total. The monoisotopic (exact) mass is 198 g/mol. The summed E-state index contributed by atoms with van der Waals surface area (Å²) in [5, 5.41) is 2.54. The molecule has 2 aromatic rings. The lowest BCUT2D eigenvalue weighted by Gasteiger charge is -2.07. The third kappa shape index (κ3) is 1.30. The molecule has 1 unspecified atom stereocenters. The highest BCUT2D eigenvalue weighted by atomic mass is 16.3. The summed E-state index contributed by atoms with van der Waals surface area (Å²) in [6.07, 6.45) is 6.92. The highest BCUT2D eigenvalue weighted by molar-refractivity contribution is 5.79. The Hall–Kier alpha value is -1.50. The van der Waals surface area contributed by atoms with E-state index in [2.05, 4.69) is 31.2 Å². The van der Waals surface area contributed by atoms with E-state index >= 15 is 0 Å². The SMILES string of the molecule is CCC1C=c2oc3ccccc3c2=CC1. The van der Waals surface area contributed by atoms with Crippen molar-refractivity contribution < 1.29 is 4.42 Å². The van der Waals surface area contributed by atoms with Gasteiger partial charge >= 0.3 is 0 Å². The van der Waals surface area contributed by atoms with Gasteiger partial charge in [-0.2, -0.15) is 0 Å². The number of hydrogen-bond donors (Lipinski definition) is 0. The van der Waals surface area contributed by atoms with Crippen LogP contribution in [0.2, 0.25) is 0 Å². The number of benzene rings is 1. The number of rotatable bonds is 1. The summed E-state index contributed by atoms with van der Waals surface area (Å²) in [5.41, 5.74) is 2.07. The lowest BCUT2D eigenvalue weighted by Crippen LogP contribution is -2.25. The van der Waals surface area contributed by atoms with Crippen LogP contribution in [0.3, 0.4) is 0 Å². The first kappa shape index (κ1) is 8.78. The van der Waals surface area contributed by atoms with E-state index in [1.807, 2.05) is 12.1 Å². The topological polar surface area (TPSA) is 13.1 Å². The number of hydrogen-bond acceptors (Lipinski definition) is 1. The van der Waals surface area contributed by atoms with Crippen molar-refractivity contribution >= 4 is 23.1 Å². The van der Waals surface area contributed by atoms with Gasteiger partial charge < -0.3 is 4.42 Å². The lowest BCUT2D eigenvalue weighted by atomic mass is 9.97. The molecule has 1 heteroatoms. The van der Waals surface area contributed by atoms with Crippen molar-refractivity contribution in [2.45, 2.75) is 19.8 Å². The minimum absolute atomic E-state index is 0.651. The van der Waals surface area contributed by atoms with Gasteiger partial charge in [-0.25, -0.2) is 0 Å². The molecule has 0 fully saturated rings. The van der Waals surface area contributed by atoms with Gasteiger partial charge in [0.1, 0.15) is 11.0 Å². The molecule has 0 aliphatic heterocycles. The zero-order valence-electron chi connectivity index (χ0n) is 8.86. The van der Waals surface area contributed by atoms with Gasteiger partial charge in [0.05, 0.1) is 0 Å². The highest BCUT2D eigenvalue weighted by Crippen LogP contribution is 2.15. The molecule has 0 saturated heterocycles. The molecule has 0 radical (unpaired) electrons. The van der Waals surface area contributed by atoms with E-state index in [1.165, 1.54) is 17.0 Å². The quantitative estimate of drug-likeness (QED) is 0.686. The van der Waals surface area contributed by atoms with E-state index in [0.717, 1.165) is 17.4 Å². The van der Waals surface area contributed by atoms with Gasteiger partial charge in [0.25, 0.3) is 0 Å². The molecule has 1 atom stereocenters. The summed E-state index contributed by atoms with van der Waals surface area (Å²) < 4.78 is 5.84. The largest absolute Gasteiger partial charge is 0.456 e. The molecule has 1 aromatic carbocycles. The average molecular weight is 198 g/mol. The van der Waals surface area contributed by atoms with E-state index in [0.29, 0.717) is 5.92 Å². The van der Waals surface area contributed by atoms with Crippen LogP contribution in [0.5, 0.6) is 0 Å². The van der Waals surface area contributed by atoms with E-state index < -0.39 is 0 Å². The normalized spacial score (nSPS) is 19.4. The van der Waals surface area contributed by atoms with Crippen LogP contribution in [0.4, 0.5) is 0 Å². The molecular weight excluding hydrogens is 184 g/mol. The Balaban J connectivity index is 2.37. The van der Waals surface area contributed by atoms with Crippen LogP contribution < -0.4 is 10.6 Å². The van der Waals surface area contributed by atoms with Gasteiger partial charge in [-0.1, -0.05) is 31.2 Å². The van der Waals surface area contributed by atoms with Crippen molar-refractivity contribution in [1.82, 2.24) is 0 Å². The van der Waals surface area contributed by atoms with Crippen LogP contribution in [-0.4, -0.2) is 0 Å². The Morgan fingerprint density at radius 3 is 3.07 bits per heavy atom. The fourth-order valence-electron chi connectivity index (χ4n) is 2.25.